The van der Waals surface area contributed by atoms with Gasteiger partial charge in [0, 0.05) is 0 Å². The monoisotopic (exact) mass is 108 g/mol. The highest BCUT2D eigenvalue weighted by molar-refractivity contribution is 5.50. The van der Waals surface area contributed by atoms with Crippen molar-refractivity contribution in [2.24, 2.45) is 0 Å². The molecule has 1 aromatic carbocycles. The van der Waals surface area contributed by atoms with Crippen LogP contribution >= 0.6 is 0 Å². The number of hydrogen-bond acceptors (Lipinski definition) is 2. The summed E-state index contributed by atoms with van der Waals surface area (Å²) in [6.07, 6.45) is 0. The standard InChI is InChI=1S/C6H6NO/c7-5-3-1-2-4-6(5)8/h2-4,8H,7H2. The minimum Gasteiger partial charge on any atom is -0.506 e. The van der Waals surface area contributed by atoms with Crippen LogP contribution in [-0.4, -0.2) is 5.11 Å². The van der Waals surface area contributed by atoms with E-state index in [2.05, 4.69) is 6.07 Å². The van der Waals surface area contributed by atoms with Crippen molar-refractivity contribution in [1.82, 2.24) is 0 Å². The van der Waals surface area contributed by atoms with Crippen LogP contribution in [0.4, 0.5) is 5.69 Å². The molecule has 0 unspecified atom stereocenters. The van der Waals surface area contributed by atoms with Crippen molar-refractivity contribution in [3.8, 4) is 5.75 Å². The highest BCUT2D eigenvalue weighted by Crippen LogP contribution is 2.15. The van der Waals surface area contributed by atoms with Crippen LogP contribution in [0.3, 0.4) is 0 Å². The number of rotatable bonds is 0. The van der Waals surface area contributed by atoms with Crippen LogP contribution in [0.25, 0.3) is 0 Å². The average molecular weight is 108 g/mol. The van der Waals surface area contributed by atoms with Gasteiger partial charge in [0.2, 0.25) is 0 Å². The first-order valence-corrected chi connectivity index (χ1v) is 2.25. The van der Waals surface area contributed by atoms with E-state index >= 15 is 0 Å². The second kappa shape index (κ2) is 1.74. The zero-order valence-electron chi connectivity index (χ0n) is 4.26. The van der Waals surface area contributed by atoms with Gasteiger partial charge in [-0.25, -0.2) is 0 Å². The van der Waals surface area contributed by atoms with Crippen molar-refractivity contribution < 1.29 is 5.11 Å². The van der Waals surface area contributed by atoms with E-state index < -0.39 is 0 Å². The van der Waals surface area contributed by atoms with Crippen molar-refractivity contribution >= 4 is 5.69 Å². The number of nitrogen functional groups attached to an aromatic ring is 1. The molecule has 1 rings (SSSR count). The molecule has 2 heteroatoms. The highest BCUT2D eigenvalue weighted by atomic mass is 16.3. The Balaban J connectivity index is 3.13. The summed E-state index contributed by atoms with van der Waals surface area (Å²) in [5, 5.41) is 8.77. The summed E-state index contributed by atoms with van der Waals surface area (Å²) in [4.78, 5) is 0. The van der Waals surface area contributed by atoms with Crippen molar-refractivity contribution in [2.75, 3.05) is 5.73 Å². The van der Waals surface area contributed by atoms with Crippen molar-refractivity contribution in [3.63, 3.8) is 0 Å². The third kappa shape index (κ3) is 0.729. The van der Waals surface area contributed by atoms with E-state index in [0.717, 1.165) is 0 Å². The summed E-state index contributed by atoms with van der Waals surface area (Å²) in [7, 11) is 0. The molecule has 0 fully saturated rings. The smallest absolute Gasteiger partial charge is 0.138 e. The van der Waals surface area contributed by atoms with Crippen LogP contribution in [0.15, 0.2) is 18.2 Å². The molecule has 0 bridgehead atoms. The number of anilines is 1. The summed E-state index contributed by atoms with van der Waals surface area (Å²) < 4.78 is 0. The summed E-state index contributed by atoms with van der Waals surface area (Å²) in [6, 6.07) is 7.34. The van der Waals surface area contributed by atoms with Crippen molar-refractivity contribution in [1.29, 1.82) is 0 Å². The number of hydrogen-bond donors (Lipinski definition) is 2. The number of nitrogens with two attached hydrogens (primary N) is 1. The van der Waals surface area contributed by atoms with Gasteiger partial charge in [-0.3, -0.25) is 0 Å². The van der Waals surface area contributed by atoms with Crippen LogP contribution in [0.1, 0.15) is 0 Å². The Bertz CT molecular complexity index is 165. The van der Waals surface area contributed by atoms with Gasteiger partial charge >= 0.3 is 0 Å². The summed E-state index contributed by atoms with van der Waals surface area (Å²) in [5.74, 6) is 0.115. The Morgan fingerprint density at radius 1 is 1.62 bits per heavy atom. The quantitative estimate of drug-likeness (QED) is 0.381. The van der Waals surface area contributed by atoms with Gasteiger partial charge in [0.1, 0.15) is 5.75 Å². The highest BCUT2D eigenvalue weighted by Gasteiger charge is 1.88. The minimum absolute atomic E-state index is 0.115. The SMILES string of the molecule is Nc1c[c]ccc1O. The molecule has 1 aromatic rings. The molecule has 0 aliphatic carbocycles. The first-order valence-electron chi connectivity index (χ1n) is 2.25. The molecule has 0 aliphatic heterocycles. The normalized spacial score (nSPS) is 9.00. The predicted molar refractivity (Wildman–Crippen MR) is 31.4 cm³/mol. The minimum atomic E-state index is 0.115. The molecule has 0 aliphatic rings. The molecule has 0 saturated carbocycles. The van der Waals surface area contributed by atoms with Gasteiger partial charge in [0.25, 0.3) is 0 Å². The van der Waals surface area contributed by atoms with E-state index in [4.69, 9.17) is 10.8 Å². The number of benzene rings is 1. The fourth-order valence-electron chi connectivity index (χ4n) is 0.435. The van der Waals surface area contributed by atoms with E-state index in [-0.39, 0.29) is 5.75 Å². The number of phenols is 1. The third-order valence-corrected chi connectivity index (χ3v) is 0.872. The van der Waals surface area contributed by atoms with Gasteiger partial charge in [-0.15, -0.1) is 0 Å². The van der Waals surface area contributed by atoms with Gasteiger partial charge < -0.3 is 10.8 Å². The Hall–Kier alpha value is -1.18. The van der Waals surface area contributed by atoms with E-state index in [9.17, 15) is 0 Å². The largest absolute Gasteiger partial charge is 0.506 e. The molecule has 41 valence electrons. The zero-order chi connectivity index (χ0) is 5.98. The second-order valence-electron chi connectivity index (χ2n) is 1.48. The van der Waals surface area contributed by atoms with Crippen LogP contribution in [-0.2, 0) is 0 Å². The van der Waals surface area contributed by atoms with E-state index in [1.54, 1.807) is 6.07 Å². The predicted octanol–water partition coefficient (Wildman–Crippen LogP) is 0.775. The summed E-state index contributed by atoms with van der Waals surface area (Å²) in [6.45, 7) is 0. The summed E-state index contributed by atoms with van der Waals surface area (Å²) in [5.41, 5.74) is 5.61. The lowest BCUT2D eigenvalue weighted by Crippen LogP contribution is -1.82. The molecule has 0 saturated heterocycles. The molecule has 1 radical (unpaired) electrons. The first-order chi connectivity index (χ1) is 3.80. The molecule has 2 nitrogen and oxygen atoms in total. The third-order valence-electron chi connectivity index (χ3n) is 0.872. The average Bonchev–Trinajstić information content (AvgIpc) is 1.77. The van der Waals surface area contributed by atoms with E-state index in [1.165, 1.54) is 12.1 Å². The molecular formula is C6H6NO. The van der Waals surface area contributed by atoms with Gasteiger partial charge in [0.15, 0.2) is 0 Å². The van der Waals surface area contributed by atoms with Gasteiger partial charge in [-0.1, -0.05) is 6.07 Å². The van der Waals surface area contributed by atoms with Crippen molar-refractivity contribution in [3.05, 3.63) is 24.3 Å². The van der Waals surface area contributed by atoms with E-state index in [1.807, 2.05) is 0 Å². The lowest BCUT2D eigenvalue weighted by atomic mass is 10.3. The lowest BCUT2D eigenvalue weighted by molar-refractivity contribution is 0.478. The topological polar surface area (TPSA) is 46.2 Å². The molecule has 0 atom stereocenters. The Morgan fingerprint density at radius 2 is 2.38 bits per heavy atom. The van der Waals surface area contributed by atoms with Gasteiger partial charge in [0.05, 0.1) is 5.69 Å². The lowest BCUT2D eigenvalue weighted by Gasteiger charge is -1.92. The molecule has 3 N–H and O–H groups in total. The second-order valence-corrected chi connectivity index (χ2v) is 1.48. The maximum Gasteiger partial charge on any atom is 0.138 e. The van der Waals surface area contributed by atoms with Crippen LogP contribution in [0, 0.1) is 6.07 Å². The summed E-state index contributed by atoms with van der Waals surface area (Å²) >= 11 is 0. The zero-order valence-corrected chi connectivity index (χ0v) is 4.26. The Kier molecular flexibility index (Phi) is 1.08. The van der Waals surface area contributed by atoms with Crippen LogP contribution in [0.5, 0.6) is 5.75 Å². The molecule has 0 amide bonds. The Morgan fingerprint density at radius 3 is 2.75 bits per heavy atom. The molecule has 8 heavy (non-hydrogen) atoms. The van der Waals surface area contributed by atoms with Gasteiger partial charge in [-0.05, 0) is 18.2 Å². The van der Waals surface area contributed by atoms with Crippen LogP contribution < -0.4 is 5.73 Å². The number of aromatic hydroxyl groups is 1. The molecule has 0 aromatic heterocycles. The molecular weight excluding hydrogens is 102 g/mol. The first kappa shape index (κ1) is 4.97. The van der Waals surface area contributed by atoms with Gasteiger partial charge in [-0.2, -0.15) is 0 Å². The number of phenolic OH excluding ortho intramolecular Hbond substituents is 1. The fourth-order valence-corrected chi connectivity index (χ4v) is 0.435. The van der Waals surface area contributed by atoms with E-state index in [0.29, 0.717) is 5.69 Å². The molecule has 0 spiro atoms. The maximum absolute atomic E-state index is 8.77. The molecule has 0 heterocycles. The maximum atomic E-state index is 8.77. The fraction of sp³-hybridized carbons (Fsp3) is 0. The Labute approximate surface area is 47.6 Å². The van der Waals surface area contributed by atoms with Crippen LogP contribution in [0.2, 0.25) is 0 Å². The van der Waals surface area contributed by atoms with Crippen molar-refractivity contribution in [2.45, 2.75) is 0 Å².